The first-order valence-electron chi connectivity index (χ1n) is 8.50. The lowest BCUT2D eigenvalue weighted by atomic mass is 10.0. The summed E-state index contributed by atoms with van der Waals surface area (Å²) < 4.78 is 0.962. The van der Waals surface area contributed by atoms with Crippen molar-refractivity contribution in [2.45, 2.75) is 25.3 Å². The van der Waals surface area contributed by atoms with Crippen molar-refractivity contribution < 1.29 is 9.59 Å². The average molecular weight is 401 g/mol. The molecule has 2 aromatic rings. The van der Waals surface area contributed by atoms with Crippen LogP contribution >= 0.6 is 15.9 Å². The van der Waals surface area contributed by atoms with Crippen LogP contribution in [-0.2, 0) is 11.2 Å². The highest BCUT2D eigenvalue weighted by Crippen LogP contribution is 2.16. The van der Waals surface area contributed by atoms with Crippen LogP contribution in [0.2, 0.25) is 0 Å². The van der Waals surface area contributed by atoms with E-state index in [-0.39, 0.29) is 17.9 Å². The van der Waals surface area contributed by atoms with E-state index < -0.39 is 0 Å². The fourth-order valence-electron chi connectivity index (χ4n) is 3.06. The zero-order valence-electron chi connectivity index (χ0n) is 14.0. The van der Waals surface area contributed by atoms with Gasteiger partial charge in [-0.25, -0.2) is 0 Å². The molecule has 1 aliphatic rings. The van der Waals surface area contributed by atoms with Crippen molar-refractivity contribution in [2.75, 3.05) is 13.1 Å². The van der Waals surface area contributed by atoms with Gasteiger partial charge in [-0.3, -0.25) is 9.59 Å². The Bertz CT molecular complexity index is 723. The summed E-state index contributed by atoms with van der Waals surface area (Å²) in [5, 5.41) is 3.09. The number of likely N-dealkylation sites (tertiary alicyclic amines) is 1. The Hall–Kier alpha value is -2.14. The molecule has 1 N–H and O–H groups in total. The van der Waals surface area contributed by atoms with E-state index in [1.54, 1.807) is 0 Å². The van der Waals surface area contributed by atoms with Crippen LogP contribution in [0, 0.1) is 0 Å². The maximum absolute atomic E-state index is 12.5. The summed E-state index contributed by atoms with van der Waals surface area (Å²) in [5.41, 5.74) is 1.72. The van der Waals surface area contributed by atoms with Crippen molar-refractivity contribution in [1.29, 1.82) is 0 Å². The lowest BCUT2D eigenvalue weighted by Gasteiger charge is -2.32. The highest BCUT2D eigenvalue weighted by Gasteiger charge is 2.24. The quantitative estimate of drug-likeness (QED) is 0.854. The van der Waals surface area contributed by atoms with Crippen LogP contribution in [0.4, 0.5) is 0 Å². The topological polar surface area (TPSA) is 49.4 Å². The van der Waals surface area contributed by atoms with Crippen LogP contribution in [-0.4, -0.2) is 35.8 Å². The zero-order chi connectivity index (χ0) is 17.6. The zero-order valence-corrected chi connectivity index (χ0v) is 15.5. The van der Waals surface area contributed by atoms with Crippen molar-refractivity contribution >= 4 is 27.7 Å². The molecule has 2 aromatic carbocycles. The van der Waals surface area contributed by atoms with Crippen LogP contribution in [0.15, 0.2) is 59.1 Å². The minimum atomic E-state index is 0.0453. The Morgan fingerprint density at radius 1 is 1.00 bits per heavy atom. The van der Waals surface area contributed by atoms with Crippen LogP contribution < -0.4 is 5.32 Å². The summed E-state index contributed by atoms with van der Waals surface area (Å²) in [5.74, 6) is 0.102. The van der Waals surface area contributed by atoms with E-state index in [9.17, 15) is 9.59 Å². The first kappa shape index (κ1) is 17.7. The highest BCUT2D eigenvalue weighted by molar-refractivity contribution is 9.10. The Balaban J connectivity index is 1.47. The van der Waals surface area contributed by atoms with E-state index in [0.717, 1.165) is 22.9 Å². The molecule has 2 amide bonds. The number of benzene rings is 2. The largest absolute Gasteiger partial charge is 0.353 e. The number of halogens is 1. The van der Waals surface area contributed by atoms with E-state index >= 15 is 0 Å². The molecule has 0 radical (unpaired) electrons. The van der Waals surface area contributed by atoms with Crippen LogP contribution in [0.3, 0.4) is 0 Å². The lowest BCUT2D eigenvalue weighted by molar-refractivity contribution is -0.121. The predicted octanol–water partition coefficient (Wildman–Crippen LogP) is 3.41. The molecule has 0 aliphatic carbocycles. The van der Waals surface area contributed by atoms with E-state index in [0.29, 0.717) is 25.1 Å². The van der Waals surface area contributed by atoms with Crippen molar-refractivity contribution in [3.8, 4) is 0 Å². The number of carbonyl (C=O) groups is 2. The van der Waals surface area contributed by atoms with E-state index in [4.69, 9.17) is 0 Å². The number of nitrogens with zero attached hydrogens (tertiary/aromatic N) is 1. The lowest BCUT2D eigenvalue weighted by Crippen LogP contribution is -2.46. The Morgan fingerprint density at radius 2 is 1.64 bits per heavy atom. The average Bonchev–Trinajstić information content (AvgIpc) is 2.63. The van der Waals surface area contributed by atoms with Gasteiger partial charge in [-0.2, -0.15) is 0 Å². The number of carbonyl (C=O) groups excluding carboxylic acids is 2. The molecule has 5 heteroatoms. The SMILES string of the molecule is O=C(Cc1ccccc1)NC1CCN(C(=O)c2ccc(Br)cc2)CC1. The molecule has 0 atom stereocenters. The molecule has 1 aliphatic heterocycles. The van der Waals surface area contributed by atoms with Gasteiger partial charge in [0.05, 0.1) is 6.42 Å². The first-order valence-corrected chi connectivity index (χ1v) is 9.29. The van der Waals surface area contributed by atoms with E-state index in [1.807, 2.05) is 59.5 Å². The third-order valence-electron chi connectivity index (χ3n) is 4.45. The van der Waals surface area contributed by atoms with E-state index in [1.165, 1.54) is 0 Å². The minimum absolute atomic E-state index is 0.0453. The summed E-state index contributed by atoms with van der Waals surface area (Å²) >= 11 is 3.38. The van der Waals surface area contributed by atoms with Gasteiger partial charge in [-0.05, 0) is 42.7 Å². The third-order valence-corrected chi connectivity index (χ3v) is 4.97. The standard InChI is InChI=1S/C20H21BrN2O2/c21-17-8-6-16(7-9-17)20(25)23-12-10-18(11-13-23)22-19(24)14-15-4-2-1-3-5-15/h1-9,18H,10-14H2,(H,22,24). The number of piperidine rings is 1. The molecule has 25 heavy (non-hydrogen) atoms. The van der Waals surface area contributed by atoms with Gasteiger partial charge < -0.3 is 10.2 Å². The number of hydrogen-bond donors (Lipinski definition) is 1. The number of hydrogen-bond acceptors (Lipinski definition) is 2. The molecule has 0 aromatic heterocycles. The second-order valence-electron chi connectivity index (χ2n) is 6.30. The normalized spacial score (nSPS) is 15.0. The number of amides is 2. The molecule has 4 nitrogen and oxygen atoms in total. The summed E-state index contributed by atoms with van der Waals surface area (Å²) in [6.07, 6.45) is 1.99. The molecule has 1 fully saturated rings. The second kappa shape index (κ2) is 8.30. The summed E-state index contributed by atoms with van der Waals surface area (Å²) in [7, 11) is 0. The summed E-state index contributed by atoms with van der Waals surface area (Å²) in [6.45, 7) is 1.34. The van der Waals surface area contributed by atoms with Gasteiger partial charge in [0.25, 0.3) is 5.91 Å². The molecule has 130 valence electrons. The smallest absolute Gasteiger partial charge is 0.253 e. The van der Waals surface area contributed by atoms with Gasteiger partial charge in [0, 0.05) is 29.2 Å². The fraction of sp³-hybridized carbons (Fsp3) is 0.300. The van der Waals surface area contributed by atoms with Crippen molar-refractivity contribution in [3.05, 3.63) is 70.2 Å². The number of rotatable bonds is 4. The Morgan fingerprint density at radius 3 is 2.28 bits per heavy atom. The van der Waals surface area contributed by atoms with Crippen LogP contribution in [0.1, 0.15) is 28.8 Å². The molecule has 0 saturated carbocycles. The van der Waals surface area contributed by atoms with Gasteiger partial charge in [-0.1, -0.05) is 46.3 Å². The molecule has 1 saturated heterocycles. The first-order chi connectivity index (χ1) is 12.1. The van der Waals surface area contributed by atoms with Gasteiger partial charge in [0.15, 0.2) is 0 Å². The maximum Gasteiger partial charge on any atom is 0.253 e. The van der Waals surface area contributed by atoms with Gasteiger partial charge >= 0.3 is 0 Å². The van der Waals surface area contributed by atoms with Gasteiger partial charge in [0.2, 0.25) is 5.91 Å². The van der Waals surface area contributed by atoms with Gasteiger partial charge in [-0.15, -0.1) is 0 Å². The van der Waals surface area contributed by atoms with Crippen molar-refractivity contribution in [2.24, 2.45) is 0 Å². The van der Waals surface area contributed by atoms with Crippen molar-refractivity contribution in [1.82, 2.24) is 10.2 Å². The van der Waals surface area contributed by atoms with Crippen LogP contribution in [0.25, 0.3) is 0 Å². The fourth-order valence-corrected chi connectivity index (χ4v) is 3.33. The highest BCUT2D eigenvalue weighted by atomic mass is 79.9. The Kier molecular flexibility index (Phi) is 5.87. The predicted molar refractivity (Wildman–Crippen MR) is 101 cm³/mol. The molecule has 0 bridgehead atoms. The molecule has 1 heterocycles. The third kappa shape index (κ3) is 4.92. The van der Waals surface area contributed by atoms with E-state index in [2.05, 4.69) is 21.2 Å². The Labute approximate surface area is 156 Å². The summed E-state index contributed by atoms with van der Waals surface area (Å²) in [6, 6.07) is 17.3. The molecule has 0 spiro atoms. The van der Waals surface area contributed by atoms with Crippen molar-refractivity contribution in [3.63, 3.8) is 0 Å². The minimum Gasteiger partial charge on any atom is -0.353 e. The number of nitrogens with one attached hydrogen (secondary N) is 1. The molecule has 3 rings (SSSR count). The molecule has 0 unspecified atom stereocenters. The summed E-state index contributed by atoms with van der Waals surface area (Å²) in [4.78, 5) is 26.5. The monoisotopic (exact) mass is 400 g/mol. The molecular weight excluding hydrogens is 380 g/mol. The second-order valence-corrected chi connectivity index (χ2v) is 7.22. The van der Waals surface area contributed by atoms with Crippen LogP contribution in [0.5, 0.6) is 0 Å². The molecular formula is C20H21BrN2O2. The van der Waals surface area contributed by atoms with Gasteiger partial charge in [0.1, 0.15) is 0 Å². The maximum atomic E-state index is 12.5.